The predicted molar refractivity (Wildman–Crippen MR) is 123 cm³/mol. The van der Waals surface area contributed by atoms with Crippen LogP contribution in [0.4, 0.5) is 5.69 Å². The van der Waals surface area contributed by atoms with E-state index in [0.29, 0.717) is 40.1 Å². The molecule has 0 unspecified atom stereocenters. The Morgan fingerprint density at radius 2 is 1.87 bits per heavy atom. The van der Waals surface area contributed by atoms with Crippen LogP contribution in [-0.2, 0) is 4.79 Å². The fourth-order valence-corrected chi connectivity index (χ4v) is 3.13. The van der Waals surface area contributed by atoms with Crippen LogP contribution in [0.5, 0.6) is 17.2 Å². The monoisotopic (exact) mass is 442 g/mol. The highest BCUT2D eigenvalue weighted by Gasteiger charge is 2.14. The number of benzene rings is 2. The van der Waals surface area contributed by atoms with E-state index in [0.717, 1.165) is 25.7 Å². The van der Waals surface area contributed by atoms with Crippen molar-refractivity contribution in [1.29, 1.82) is 5.26 Å². The number of amides is 1. The summed E-state index contributed by atoms with van der Waals surface area (Å²) >= 11 is 6.39. The van der Waals surface area contributed by atoms with Crippen LogP contribution in [0, 0.1) is 11.3 Å². The number of nitriles is 1. The summed E-state index contributed by atoms with van der Waals surface area (Å²) in [6.07, 6.45) is 5.79. The molecule has 0 radical (unpaired) electrons. The van der Waals surface area contributed by atoms with Gasteiger partial charge in [0.25, 0.3) is 5.91 Å². The number of anilines is 1. The highest BCUT2D eigenvalue weighted by molar-refractivity contribution is 6.32. The summed E-state index contributed by atoms with van der Waals surface area (Å²) in [4.78, 5) is 12.5. The molecule has 31 heavy (non-hydrogen) atoms. The van der Waals surface area contributed by atoms with Gasteiger partial charge >= 0.3 is 0 Å². The Balaban J connectivity index is 2.16. The average Bonchev–Trinajstić information content (AvgIpc) is 2.78. The van der Waals surface area contributed by atoms with Crippen molar-refractivity contribution in [3.05, 3.63) is 52.6 Å². The molecule has 0 atom stereocenters. The number of nitrogens with zero attached hydrogens (tertiary/aromatic N) is 1. The summed E-state index contributed by atoms with van der Waals surface area (Å²) in [7, 11) is 3.08. The van der Waals surface area contributed by atoms with E-state index in [4.69, 9.17) is 25.8 Å². The number of carbonyl (C=O) groups excluding carboxylic acids is 1. The molecule has 6 nitrogen and oxygen atoms in total. The van der Waals surface area contributed by atoms with Gasteiger partial charge in [-0.15, -0.1) is 0 Å². The van der Waals surface area contributed by atoms with Gasteiger partial charge in [0.15, 0.2) is 11.5 Å². The van der Waals surface area contributed by atoms with E-state index in [2.05, 4.69) is 12.2 Å². The third kappa shape index (κ3) is 7.23. The van der Waals surface area contributed by atoms with E-state index in [1.54, 1.807) is 43.5 Å². The Morgan fingerprint density at radius 3 is 2.48 bits per heavy atom. The molecule has 7 heteroatoms. The van der Waals surface area contributed by atoms with Crippen molar-refractivity contribution < 1.29 is 19.0 Å². The largest absolute Gasteiger partial charge is 0.497 e. The Hall–Kier alpha value is -3.17. The van der Waals surface area contributed by atoms with Crippen LogP contribution in [0.1, 0.15) is 38.2 Å². The molecule has 0 fully saturated rings. The van der Waals surface area contributed by atoms with Crippen molar-refractivity contribution in [3.8, 4) is 23.3 Å². The van der Waals surface area contributed by atoms with E-state index in [-0.39, 0.29) is 5.57 Å². The lowest BCUT2D eigenvalue weighted by atomic mass is 10.1. The lowest BCUT2D eigenvalue weighted by Gasteiger charge is -2.13. The maximum Gasteiger partial charge on any atom is 0.266 e. The lowest BCUT2D eigenvalue weighted by Crippen LogP contribution is -2.13. The van der Waals surface area contributed by atoms with E-state index in [9.17, 15) is 10.1 Å². The molecule has 0 spiro atoms. The fourth-order valence-electron chi connectivity index (χ4n) is 2.85. The molecule has 0 aromatic heterocycles. The second-order valence-electron chi connectivity index (χ2n) is 6.80. The van der Waals surface area contributed by atoms with Gasteiger partial charge in [0.1, 0.15) is 17.4 Å². The molecule has 164 valence electrons. The van der Waals surface area contributed by atoms with Gasteiger partial charge in [0.05, 0.1) is 25.8 Å². The molecular weight excluding hydrogens is 416 g/mol. The highest BCUT2D eigenvalue weighted by Crippen LogP contribution is 2.37. The molecule has 1 amide bonds. The molecular formula is C24H27ClN2O4. The van der Waals surface area contributed by atoms with E-state index in [1.165, 1.54) is 13.2 Å². The van der Waals surface area contributed by atoms with E-state index >= 15 is 0 Å². The number of methoxy groups -OCH3 is 2. The topological polar surface area (TPSA) is 80.6 Å². The first-order chi connectivity index (χ1) is 15.0. The maximum absolute atomic E-state index is 12.5. The molecule has 0 aliphatic heterocycles. The zero-order valence-electron chi connectivity index (χ0n) is 18.0. The fraction of sp³-hybridized carbons (Fsp3) is 0.333. The number of ether oxygens (including phenoxy) is 3. The Morgan fingerprint density at radius 1 is 1.13 bits per heavy atom. The van der Waals surface area contributed by atoms with Crippen LogP contribution >= 0.6 is 11.6 Å². The van der Waals surface area contributed by atoms with Crippen LogP contribution in [-0.4, -0.2) is 26.7 Å². The molecule has 0 saturated carbocycles. The Kier molecular flexibility index (Phi) is 9.73. The normalized spacial score (nSPS) is 10.9. The standard InChI is InChI=1S/C24H27ClN2O4/c1-4-5-6-7-12-31-23-21(25)14-17(15-22(23)30-3)13-18(16-26)24(28)27-19-8-10-20(29-2)11-9-19/h8-11,13-15H,4-7,12H2,1-3H3,(H,27,28)/b18-13-. The number of carbonyl (C=O) groups is 1. The summed E-state index contributed by atoms with van der Waals surface area (Å²) in [6.45, 7) is 2.69. The number of rotatable bonds is 11. The average molecular weight is 443 g/mol. The smallest absolute Gasteiger partial charge is 0.266 e. The summed E-state index contributed by atoms with van der Waals surface area (Å²) in [6, 6.07) is 12.1. The first-order valence-corrected chi connectivity index (χ1v) is 10.5. The summed E-state index contributed by atoms with van der Waals surface area (Å²) in [5.41, 5.74) is 1.04. The first kappa shape index (κ1) is 24.1. The van der Waals surface area contributed by atoms with Crippen molar-refractivity contribution in [2.75, 3.05) is 26.1 Å². The third-order valence-corrected chi connectivity index (χ3v) is 4.80. The minimum Gasteiger partial charge on any atom is -0.497 e. The van der Waals surface area contributed by atoms with Crippen LogP contribution in [0.15, 0.2) is 42.0 Å². The molecule has 1 N–H and O–H groups in total. The zero-order valence-corrected chi connectivity index (χ0v) is 18.8. The second kappa shape index (κ2) is 12.5. The molecule has 2 aromatic carbocycles. The van der Waals surface area contributed by atoms with E-state index < -0.39 is 5.91 Å². The number of hydrogen-bond donors (Lipinski definition) is 1. The molecule has 0 heterocycles. The van der Waals surface area contributed by atoms with Crippen LogP contribution in [0.3, 0.4) is 0 Å². The van der Waals surface area contributed by atoms with Gasteiger partial charge in [-0.05, 0) is 54.5 Å². The van der Waals surface area contributed by atoms with Gasteiger partial charge < -0.3 is 19.5 Å². The van der Waals surface area contributed by atoms with Gasteiger partial charge in [-0.1, -0.05) is 37.8 Å². The van der Waals surface area contributed by atoms with Crippen molar-refractivity contribution >= 4 is 29.3 Å². The second-order valence-corrected chi connectivity index (χ2v) is 7.20. The lowest BCUT2D eigenvalue weighted by molar-refractivity contribution is -0.112. The summed E-state index contributed by atoms with van der Waals surface area (Å²) in [5, 5.41) is 12.5. The molecule has 0 bridgehead atoms. The number of unbranched alkanes of at least 4 members (excludes halogenated alkanes) is 3. The molecule has 2 aromatic rings. The summed E-state index contributed by atoms with van der Waals surface area (Å²) in [5.74, 6) is 1.04. The van der Waals surface area contributed by atoms with Gasteiger partial charge in [-0.25, -0.2) is 0 Å². The molecule has 0 aliphatic rings. The highest BCUT2D eigenvalue weighted by atomic mass is 35.5. The molecule has 2 rings (SSSR count). The Labute approximate surface area is 188 Å². The SMILES string of the molecule is CCCCCCOc1c(Cl)cc(/C=C(/C#N)C(=O)Nc2ccc(OC)cc2)cc1OC. The minimum atomic E-state index is -0.529. The van der Waals surface area contributed by atoms with Gasteiger partial charge in [-0.2, -0.15) is 5.26 Å². The number of halogens is 1. The number of hydrogen-bond acceptors (Lipinski definition) is 5. The molecule has 0 saturated heterocycles. The van der Waals surface area contributed by atoms with Crippen molar-refractivity contribution in [2.45, 2.75) is 32.6 Å². The van der Waals surface area contributed by atoms with Crippen LogP contribution in [0.25, 0.3) is 6.08 Å². The quantitative estimate of drug-likeness (QED) is 0.267. The zero-order chi connectivity index (χ0) is 22.6. The maximum atomic E-state index is 12.5. The summed E-state index contributed by atoms with van der Waals surface area (Å²) < 4.78 is 16.3. The minimum absolute atomic E-state index is 0.0674. The van der Waals surface area contributed by atoms with Crippen molar-refractivity contribution in [1.82, 2.24) is 0 Å². The molecule has 0 aliphatic carbocycles. The Bertz CT molecular complexity index is 949. The van der Waals surface area contributed by atoms with Crippen LogP contribution in [0.2, 0.25) is 5.02 Å². The number of nitrogens with one attached hydrogen (secondary N) is 1. The van der Waals surface area contributed by atoms with Crippen molar-refractivity contribution in [2.24, 2.45) is 0 Å². The van der Waals surface area contributed by atoms with Gasteiger partial charge in [0.2, 0.25) is 0 Å². The van der Waals surface area contributed by atoms with Crippen molar-refractivity contribution in [3.63, 3.8) is 0 Å². The predicted octanol–water partition coefficient (Wildman–Crippen LogP) is 5.86. The van der Waals surface area contributed by atoms with Gasteiger partial charge in [0, 0.05) is 5.69 Å². The van der Waals surface area contributed by atoms with E-state index in [1.807, 2.05) is 6.07 Å². The van der Waals surface area contributed by atoms with Crippen LogP contribution < -0.4 is 19.5 Å². The first-order valence-electron chi connectivity index (χ1n) is 10.1. The third-order valence-electron chi connectivity index (χ3n) is 4.52. The van der Waals surface area contributed by atoms with Gasteiger partial charge in [-0.3, -0.25) is 4.79 Å².